The van der Waals surface area contributed by atoms with Crippen LogP contribution in [-0.4, -0.2) is 0 Å². The highest BCUT2D eigenvalue weighted by Gasteiger charge is 2.33. The summed E-state index contributed by atoms with van der Waals surface area (Å²) in [7, 11) is 0. The molecule has 3 rings (SSSR count). The van der Waals surface area contributed by atoms with E-state index in [1.54, 1.807) is 6.07 Å². The fourth-order valence-electron chi connectivity index (χ4n) is 4.69. The Kier molecular flexibility index (Phi) is 5.48. The summed E-state index contributed by atoms with van der Waals surface area (Å²) in [4.78, 5) is 0. The molecule has 2 fully saturated rings. The molecular formula is C20H26ClF3. The molecule has 0 spiro atoms. The molecule has 0 amide bonds. The molecule has 2 aliphatic carbocycles. The Morgan fingerprint density at radius 2 is 1.42 bits per heavy atom. The summed E-state index contributed by atoms with van der Waals surface area (Å²) in [5.74, 6) is 2.87. The van der Waals surface area contributed by atoms with Crippen molar-refractivity contribution in [2.24, 2.45) is 17.8 Å². The number of hydrogen-bond acceptors (Lipinski definition) is 0. The van der Waals surface area contributed by atoms with Gasteiger partial charge in [-0.25, -0.2) is 0 Å². The standard InChI is InChI=1S/C20H26ClF3/c1-13-2-4-14(5-3-13)15-6-8-16(9-7-15)18-11-10-17(12-19(18)21)20(22,23)24/h10-16H,2-9H2,1H3. The Bertz CT molecular complexity index is 550. The van der Waals surface area contributed by atoms with E-state index in [0.717, 1.165) is 42.2 Å². The maximum Gasteiger partial charge on any atom is 0.416 e. The number of halogens is 4. The van der Waals surface area contributed by atoms with Gasteiger partial charge in [0.05, 0.1) is 5.56 Å². The van der Waals surface area contributed by atoms with Gasteiger partial charge in [0.2, 0.25) is 0 Å². The number of benzene rings is 1. The summed E-state index contributed by atoms with van der Waals surface area (Å²) >= 11 is 6.17. The fraction of sp³-hybridized carbons (Fsp3) is 0.700. The van der Waals surface area contributed by atoms with Crippen molar-refractivity contribution in [3.63, 3.8) is 0 Å². The smallest absolute Gasteiger partial charge is 0.166 e. The van der Waals surface area contributed by atoms with E-state index >= 15 is 0 Å². The molecule has 0 saturated heterocycles. The van der Waals surface area contributed by atoms with Crippen LogP contribution in [0.1, 0.15) is 75.3 Å². The van der Waals surface area contributed by atoms with Crippen molar-refractivity contribution in [3.8, 4) is 0 Å². The minimum absolute atomic E-state index is 0.278. The lowest BCUT2D eigenvalue weighted by Crippen LogP contribution is -2.24. The van der Waals surface area contributed by atoms with Crippen LogP contribution in [0.5, 0.6) is 0 Å². The van der Waals surface area contributed by atoms with Crippen molar-refractivity contribution < 1.29 is 13.2 Å². The maximum atomic E-state index is 12.8. The summed E-state index contributed by atoms with van der Waals surface area (Å²) in [6, 6.07) is 3.86. The monoisotopic (exact) mass is 358 g/mol. The molecule has 134 valence electrons. The predicted molar refractivity (Wildman–Crippen MR) is 92.3 cm³/mol. The summed E-state index contributed by atoms with van der Waals surface area (Å²) in [6.07, 6.45) is 5.61. The lowest BCUT2D eigenvalue weighted by atomic mass is 9.68. The molecule has 24 heavy (non-hydrogen) atoms. The van der Waals surface area contributed by atoms with Crippen molar-refractivity contribution >= 4 is 11.6 Å². The zero-order valence-corrected chi connectivity index (χ0v) is 15.0. The topological polar surface area (TPSA) is 0 Å². The Morgan fingerprint density at radius 3 is 1.92 bits per heavy atom. The van der Waals surface area contributed by atoms with Crippen LogP contribution < -0.4 is 0 Å². The van der Waals surface area contributed by atoms with Crippen LogP contribution >= 0.6 is 11.6 Å². The fourth-order valence-corrected chi connectivity index (χ4v) is 5.03. The first-order valence-electron chi connectivity index (χ1n) is 9.21. The van der Waals surface area contributed by atoms with E-state index in [4.69, 9.17) is 11.6 Å². The van der Waals surface area contributed by atoms with Crippen LogP contribution in [0.4, 0.5) is 13.2 Å². The zero-order chi connectivity index (χ0) is 17.3. The van der Waals surface area contributed by atoms with Crippen LogP contribution in [-0.2, 0) is 6.18 Å². The second-order valence-corrected chi connectivity index (χ2v) is 8.27. The Balaban J connectivity index is 1.60. The summed E-state index contributed by atoms with van der Waals surface area (Å²) in [5.41, 5.74) is 0.252. The molecule has 0 aliphatic heterocycles. The predicted octanol–water partition coefficient (Wildman–Crippen LogP) is 7.46. The molecule has 0 nitrogen and oxygen atoms in total. The lowest BCUT2D eigenvalue weighted by molar-refractivity contribution is -0.137. The Morgan fingerprint density at radius 1 is 0.875 bits per heavy atom. The van der Waals surface area contributed by atoms with Gasteiger partial charge < -0.3 is 0 Å². The average molecular weight is 359 g/mol. The van der Waals surface area contributed by atoms with Crippen LogP contribution in [0.15, 0.2) is 18.2 Å². The van der Waals surface area contributed by atoms with Gasteiger partial charge in [-0.05, 0) is 79.9 Å². The van der Waals surface area contributed by atoms with Gasteiger partial charge in [0.1, 0.15) is 0 Å². The van der Waals surface area contributed by atoms with Crippen LogP contribution in [0.2, 0.25) is 5.02 Å². The van der Waals surface area contributed by atoms with Gasteiger partial charge in [0.25, 0.3) is 0 Å². The largest absolute Gasteiger partial charge is 0.416 e. The molecule has 2 saturated carbocycles. The van der Waals surface area contributed by atoms with Crippen molar-refractivity contribution in [1.29, 1.82) is 0 Å². The normalized spacial score (nSPS) is 31.9. The molecule has 2 aliphatic rings. The second kappa shape index (κ2) is 7.27. The van der Waals surface area contributed by atoms with Gasteiger partial charge in [-0.3, -0.25) is 0 Å². The summed E-state index contributed by atoms with van der Waals surface area (Å²) in [6.45, 7) is 2.35. The van der Waals surface area contributed by atoms with E-state index in [-0.39, 0.29) is 5.02 Å². The summed E-state index contributed by atoms with van der Waals surface area (Å²) < 4.78 is 38.3. The maximum absolute atomic E-state index is 12.8. The molecule has 0 heterocycles. The molecule has 1 aromatic rings. The van der Waals surface area contributed by atoms with Gasteiger partial charge >= 0.3 is 6.18 Å². The Labute approximate surface area is 147 Å². The van der Waals surface area contributed by atoms with Crippen molar-refractivity contribution in [2.75, 3.05) is 0 Å². The van der Waals surface area contributed by atoms with Crippen molar-refractivity contribution in [1.82, 2.24) is 0 Å². The minimum Gasteiger partial charge on any atom is -0.166 e. The van der Waals surface area contributed by atoms with E-state index < -0.39 is 11.7 Å². The molecule has 0 radical (unpaired) electrons. The Hall–Kier alpha value is -0.700. The highest BCUT2D eigenvalue weighted by molar-refractivity contribution is 6.31. The molecule has 1 aromatic carbocycles. The highest BCUT2D eigenvalue weighted by Crippen LogP contribution is 2.45. The number of alkyl halides is 3. The third-order valence-electron chi connectivity index (χ3n) is 6.27. The minimum atomic E-state index is -4.32. The third-order valence-corrected chi connectivity index (χ3v) is 6.59. The van der Waals surface area contributed by atoms with Gasteiger partial charge in [-0.1, -0.05) is 37.4 Å². The van der Waals surface area contributed by atoms with Gasteiger partial charge in [-0.15, -0.1) is 0 Å². The van der Waals surface area contributed by atoms with E-state index in [9.17, 15) is 13.2 Å². The van der Waals surface area contributed by atoms with Crippen molar-refractivity contribution in [3.05, 3.63) is 34.3 Å². The third kappa shape index (κ3) is 4.09. The molecule has 0 atom stereocenters. The second-order valence-electron chi connectivity index (χ2n) is 7.87. The zero-order valence-electron chi connectivity index (χ0n) is 14.2. The highest BCUT2D eigenvalue weighted by atomic mass is 35.5. The van der Waals surface area contributed by atoms with E-state index in [1.807, 2.05) is 0 Å². The quantitative estimate of drug-likeness (QED) is 0.514. The van der Waals surface area contributed by atoms with E-state index in [1.165, 1.54) is 44.6 Å². The summed E-state index contributed by atoms with van der Waals surface area (Å²) in [5, 5.41) is 0.278. The van der Waals surface area contributed by atoms with Crippen LogP contribution in [0.3, 0.4) is 0 Å². The first-order valence-corrected chi connectivity index (χ1v) is 9.59. The van der Waals surface area contributed by atoms with Crippen LogP contribution in [0.25, 0.3) is 0 Å². The molecule has 0 aromatic heterocycles. The van der Waals surface area contributed by atoms with Gasteiger partial charge in [0, 0.05) is 5.02 Å². The molecule has 0 bridgehead atoms. The van der Waals surface area contributed by atoms with Crippen LogP contribution in [0, 0.1) is 17.8 Å². The molecular weight excluding hydrogens is 333 g/mol. The SMILES string of the molecule is CC1CCC(C2CCC(c3ccc(C(F)(F)F)cc3Cl)CC2)CC1. The first kappa shape index (κ1) is 18.1. The number of hydrogen-bond donors (Lipinski definition) is 0. The van der Waals surface area contributed by atoms with Gasteiger partial charge in [0.15, 0.2) is 0 Å². The lowest BCUT2D eigenvalue weighted by Gasteiger charge is -2.37. The van der Waals surface area contributed by atoms with E-state index in [0.29, 0.717) is 5.92 Å². The number of rotatable bonds is 2. The molecule has 4 heteroatoms. The van der Waals surface area contributed by atoms with Gasteiger partial charge in [-0.2, -0.15) is 13.2 Å². The first-order chi connectivity index (χ1) is 11.3. The van der Waals surface area contributed by atoms with E-state index in [2.05, 4.69) is 6.92 Å². The molecule has 0 unspecified atom stereocenters. The average Bonchev–Trinajstić information content (AvgIpc) is 2.55. The van der Waals surface area contributed by atoms with Crippen molar-refractivity contribution in [2.45, 2.75) is 70.4 Å². The molecule has 0 N–H and O–H groups in total.